The summed E-state index contributed by atoms with van der Waals surface area (Å²) in [5, 5.41) is 16.3. The van der Waals surface area contributed by atoms with Gasteiger partial charge >= 0.3 is 0 Å². The summed E-state index contributed by atoms with van der Waals surface area (Å²) in [5.41, 5.74) is 1.69. The fourth-order valence-corrected chi connectivity index (χ4v) is 3.75. The molecule has 6 heteroatoms. The van der Waals surface area contributed by atoms with Gasteiger partial charge in [0.1, 0.15) is 0 Å². The summed E-state index contributed by atoms with van der Waals surface area (Å²) >= 11 is 0. The average molecular weight is 465 g/mol. The highest BCUT2D eigenvalue weighted by molar-refractivity contribution is 14.0. The minimum absolute atomic E-state index is 0. The number of nitrogens with zero attached hydrogens (tertiary/aromatic N) is 1. The number of rotatable bonds is 8. The Balaban J connectivity index is 0.00000312. The molecule has 1 aliphatic carbocycles. The molecule has 0 atom stereocenters. The van der Waals surface area contributed by atoms with Gasteiger partial charge in [0.2, 0.25) is 0 Å². The molecule has 5 nitrogen and oxygen atoms in total. The van der Waals surface area contributed by atoms with Crippen LogP contribution in [-0.4, -0.2) is 50.5 Å². The Morgan fingerprint density at radius 1 is 1.28 bits per heavy atom. The first-order valence-electron chi connectivity index (χ1n) is 9.67. The van der Waals surface area contributed by atoms with Crippen molar-refractivity contribution >= 4 is 29.9 Å². The monoisotopic (exact) mass is 465 g/mol. The molecule has 1 saturated carbocycles. The standard InChI is InChI=1S/C19H35N3O2.HI/c1-2-20-18(21-12-6-17-7-14-24-15-8-17)22-16-19(11-13-23)9-4-3-5-10-19;/h7,23H,2-6,8-16H2,1H3,(H2,20,21,22);1H. The molecule has 1 heterocycles. The van der Waals surface area contributed by atoms with E-state index < -0.39 is 0 Å². The average Bonchev–Trinajstić information content (AvgIpc) is 2.62. The van der Waals surface area contributed by atoms with Crippen LogP contribution >= 0.6 is 24.0 Å². The summed E-state index contributed by atoms with van der Waals surface area (Å²) < 4.78 is 5.35. The number of hydrogen-bond acceptors (Lipinski definition) is 3. The second-order valence-electron chi connectivity index (χ2n) is 7.09. The van der Waals surface area contributed by atoms with Crippen LogP contribution in [-0.2, 0) is 4.74 Å². The zero-order valence-electron chi connectivity index (χ0n) is 15.7. The lowest BCUT2D eigenvalue weighted by atomic mass is 9.72. The van der Waals surface area contributed by atoms with Gasteiger partial charge in [-0.2, -0.15) is 0 Å². The van der Waals surface area contributed by atoms with Crippen molar-refractivity contribution in [2.24, 2.45) is 10.4 Å². The Hall–Kier alpha value is -0.340. The lowest BCUT2D eigenvalue weighted by Gasteiger charge is -2.35. The van der Waals surface area contributed by atoms with E-state index in [0.29, 0.717) is 0 Å². The third-order valence-corrected chi connectivity index (χ3v) is 5.27. The van der Waals surface area contributed by atoms with E-state index in [4.69, 9.17) is 9.73 Å². The van der Waals surface area contributed by atoms with Gasteiger partial charge in [0.05, 0.1) is 13.2 Å². The minimum atomic E-state index is 0. The number of guanidine groups is 1. The molecule has 2 rings (SSSR count). The Labute approximate surface area is 170 Å². The van der Waals surface area contributed by atoms with Crippen molar-refractivity contribution in [3.05, 3.63) is 11.6 Å². The van der Waals surface area contributed by atoms with Crippen molar-refractivity contribution in [1.29, 1.82) is 0 Å². The topological polar surface area (TPSA) is 65.9 Å². The highest BCUT2D eigenvalue weighted by Crippen LogP contribution is 2.39. The highest BCUT2D eigenvalue weighted by atomic mass is 127. The maximum atomic E-state index is 9.44. The molecule has 0 aromatic heterocycles. The van der Waals surface area contributed by atoms with Crippen LogP contribution in [0.1, 0.15) is 58.3 Å². The molecular formula is C19H36IN3O2. The zero-order chi connectivity index (χ0) is 17.1. The molecule has 25 heavy (non-hydrogen) atoms. The van der Waals surface area contributed by atoms with Crippen LogP contribution in [0.4, 0.5) is 0 Å². The summed E-state index contributed by atoms with van der Waals surface area (Å²) in [4.78, 5) is 4.85. The molecule has 0 radical (unpaired) electrons. The minimum Gasteiger partial charge on any atom is -0.396 e. The zero-order valence-corrected chi connectivity index (χ0v) is 18.0. The van der Waals surface area contributed by atoms with Crippen LogP contribution < -0.4 is 10.6 Å². The Morgan fingerprint density at radius 3 is 2.72 bits per heavy atom. The molecule has 0 aromatic rings. The third-order valence-electron chi connectivity index (χ3n) is 5.27. The normalized spacial score (nSPS) is 20.4. The number of ether oxygens (including phenoxy) is 1. The number of hydrogen-bond donors (Lipinski definition) is 3. The van der Waals surface area contributed by atoms with E-state index in [1.165, 1.54) is 37.7 Å². The molecule has 1 aliphatic heterocycles. The summed E-state index contributed by atoms with van der Waals surface area (Å²) in [5.74, 6) is 0.910. The van der Waals surface area contributed by atoms with E-state index in [1.807, 2.05) is 0 Å². The second-order valence-corrected chi connectivity index (χ2v) is 7.09. The summed E-state index contributed by atoms with van der Waals surface area (Å²) in [7, 11) is 0. The van der Waals surface area contributed by atoms with Crippen molar-refractivity contribution in [2.45, 2.75) is 58.3 Å². The van der Waals surface area contributed by atoms with Gasteiger partial charge in [-0.15, -0.1) is 24.0 Å². The van der Waals surface area contributed by atoms with Crippen LogP contribution in [0.2, 0.25) is 0 Å². The maximum absolute atomic E-state index is 9.44. The number of aliphatic imine (C=N–C) groups is 1. The van der Waals surface area contributed by atoms with Gasteiger partial charge in [-0.3, -0.25) is 4.99 Å². The van der Waals surface area contributed by atoms with Crippen molar-refractivity contribution in [3.8, 4) is 0 Å². The molecule has 3 N–H and O–H groups in total. The first-order chi connectivity index (χ1) is 11.8. The van der Waals surface area contributed by atoms with Gasteiger partial charge in [-0.1, -0.05) is 30.9 Å². The molecule has 0 bridgehead atoms. The van der Waals surface area contributed by atoms with Gasteiger partial charge in [-0.25, -0.2) is 0 Å². The van der Waals surface area contributed by atoms with Crippen LogP contribution in [0.3, 0.4) is 0 Å². The maximum Gasteiger partial charge on any atom is 0.191 e. The number of aliphatic hydroxyl groups is 1. The van der Waals surface area contributed by atoms with Gasteiger partial charge in [0.25, 0.3) is 0 Å². The lowest BCUT2D eigenvalue weighted by Crippen LogP contribution is -2.39. The van der Waals surface area contributed by atoms with Gasteiger partial charge in [-0.05, 0) is 44.4 Å². The molecule has 0 saturated heterocycles. The van der Waals surface area contributed by atoms with Crippen molar-refractivity contribution < 1.29 is 9.84 Å². The van der Waals surface area contributed by atoms with E-state index in [9.17, 15) is 5.11 Å². The first kappa shape index (κ1) is 22.7. The molecule has 0 aromatic carbocycles. The molecule has 146 valence electrons. The Morgan fingerprint density at radius 2 is 2.08 bits per heavy atom. The molecule has 0 spiro atoms. The SMILES string of the molecule is CCNC(=NCC1(CCO)CCCCC1)NCCC1=CCOCC1.I. The number of aliphatic hydroxyl groups excluding tert-OH is 1. The molecular weight excluding hydrogens is 429 g/mol. The molecule has 0 amide bonds. The van der Waals surface area contributed by atoms with Crippen LogP contribution in [0.25, 0.3) is 0 Å². The summed E-state index contributed by atoms with van der Waals surface area (Å²) in [6, 6.07) is 0. The van der Waals surface area contributed by atoms with Crippen LogP contribution in [0, 0.1) is 5.41 Å². The molecule has 2 aliphatic rings. The summed E-state index contributed by atoms with van der Waals surface area (Å²) in [6.45, 7) is 6.58. The van der Waals surface area contributed by atoms with Gasteiger partial charge < -0.3 is 20.5 Å². The van der Waals surface area contributed by atoms with Crippen LogP contribution in [0.5, 0.6) is 0 Å². The predicted octanol–water partition coefficient (Wildman–Crippen LogP) is 3.23. The van der Waals surface area contributed by atoms with Crippen molar-refractivity contribution in [3.63, 3.8) is 0 Å². The van der Waals surface area contributed by atoms with E-state index in [0.717, 1.165) is 58.1 Å². The molecule has 0 unspecified atom stereocenters. The van der Waals surface area contributed by atoms with E-state index >= 15 is 0 Å². The van der Waals surface area contributed by atoms with Crippen LogP contribution in [0.15, 0.2) is 16.6 Å². The van der Waals surface area contributed by atoms with Crippen molar-refractivity contribution in [2.75, 3.05) is 39.5 Å². The fraction of sp³-hybridized carbons (Fsp3) is 0.842. The highest BCUT2D eigenvalue weighted by Gasteiger charge is 2.31. The predicted molar refractivity (Wildman–Crippen MR) is 115 cm³/mol. The summed E-state index contributed by atoms with van der Waals surface area (Å²) in [6.07, 6.45) is 11.5. The first-order valence-corrected chi connectivity index (χ1v) is 9.67. The smallest absolute Gasteiger partial charge is 0.191 e. The van der Waals surface area contributed by atoms with Gasteiger partial charge in [0, 0.05) is 26.2 Å². The lowest BCUT2D eigenvalue weighted by molar-refractivity contribution is 0.137. The quantitative estimate of drug-likeness (QED) is 0.223. The van der Waals surface area contributed by atoms with E-state index in [2.05, 4.69) is 23.6 Å². The van der Waals surface area contributed by atoms with Crippen molar-refractivity contribution in [1.82, 2.24) is 10.6 Å². The Kier molecular flexibility index (Phi) is 11.7. The third kappa shape index (κ3) is 8.26. The number of nitrogens with one attached hydrogen (secondary N) is 2. The van der Waals surface area contributed by atoms with E-state index in [1.54, 1.807) is 0 Å². The van der Waals surface area contributed by atoms with Gasteiger partial charge in [0.15, 0.2) is 5.96 Å². The second kappa shape index (κ2) is 12.9. The Bertz CT molecular complexity index is 415. The van der Waals surface area contributed by atoms with E-state index in [-0.39, 0.29) is 36.0 Å². The molecule has 1 fully saturated rings. The fourth-order valence-electron chi connectivity index (χ4n) is 3.75. The number of halogens is 1. The largest absolute Gasteiger partial charge is 0.396 e.